The third-order valence-corrected chi connectivity index (χ3v) is 6.17. The van der Waals surface area contributed by atoms with Crippen molar-refractivity contribution in [2.24, 2.45) is 0 Å². The van der Waals surface area contributed by atoms with E-state index in [2.05, 4.69) is 20.9 Å². The normalized spacial score (nSPS) is 10.3. The number of thiazole rings is 1. The van der Waals surface area contributed by atoms with Crippen molar-refractivity contribution in [2.45, 2.75) is 12.7 Å². The number of carbonyl (C=O) groups excluding carboxylic acids is 3. The van der Waals surface area contributed by atoms with Gasteiger partial charge in [0.25, 0.3) is 5.91 Å². The van der Waals surface area contributed by atoms with Gasteiger partial charge < -0.3 is 20.1 Å². The van der Waals surface area contributed by atoms with Gasteiger partial charge in [0, 0.05) is 29.4 Å². The van der Waals surface area contributed by atoms with Crippen molar-refractivity contribution in [3.63, 3.8) is 0 Å². The number of nitrogens with one attached hydrogen (secondary N) is 3. The summed E-state index contributed by atoms with van der Waals surface area (Å²) in [6.45, 7) is 1.43. The van der Waals surface area contributed by atoms with Crippen molar-refractivity contribution in [3.05, 3.63) is 59.1 Å². The number of carbonyl (C=O) groups is 3. The van der Waals surface area contributed by atoms with Gasteiger partial charge in [-0.05, 0) is 36.4 Å². The molecule has 0 radical (unpaired) electrons. The number of benzene rings is 2. The lowest BCUT2D eigenvalue weighted by Gasteiger charge is -2.11. The number of hydrogen-bond acceptors (Lipinski definition) is 8. The highest BCUT2D eigenvalue weighted by atomic mass is 32.2. The number of rotatable bonds is 10. The molecule has 34 heavy (non-hydrogen) atoms. The summed E-state index contributed by atoms with van der Waals surface area (Å²) in [5.41, 5.74) is 2.35. The summed E-state index contributed by atoms with van der Waals surface area (Å²) in [6, 6.07) is 12.0. The molecule has 0 fully saturated rings. The average molecular weight is 501 g/mol. The van der Waals surface area contributed by atoms with Gasteiger partial charge in [-0.15, -0.1) is 23.1 Å². The maximum Gasteiger partial charge on any atom is 0.265 e. The van der Waals surface area contributed by atoms with Crippen LogP contribution in [0, 0.1) is 0 Å². The molecule has 0 unspecified atom stereocenters. The Balaban J connectivity index is 1.48. The summed E-state index contributed by atoms with van der Waals surface area (Å²) < 4.78 is 10.6. The summed E-state index contributed by atoms with van der Waals surface area (Å²) in [4.78, 5) is 40.4. The van der Waals surface area contributed by atoms with Gasteiger partial charge in [0.2, 0.25) is 11.8 Å². The topological polar surface area (TPSA) is 119 Å². The monoisotopic (exact) mass is 500 g/mol. The number of hydrogen-bond donors (Lipinski definition) is 3. The van der Waals surface area contributed by atoms with Crippen LogP contribution in [0.4, 0.5) is 16.5 Å². The van der Waals surface area contributed by atoms with Crippen molar-refractivity contribution in [1.29, 1.82) is 0 Å². The number of ether oxygens (including phenoxy) is 2. The second kappa shape index (κ2) is 12.1. The second-order valence-corrected chi connectivity index (χ2v) is 8.78. The standard InChI is InChI=1S/C23H24N4O5S2/c1-14(28)24-15-7-9-16(10-8-15)25-20(29)13-33-11-17-12-34-23(26-17)27-22(30)21-18(31-2)5-4-6-19(21)32-3/h4-10,12H,11,13H2,1-3H3,(H,24,28)(H,25,29)(H,26,27,30). The zero-order valence-corrected chi connectivity index (χ0v) is 20.5. The van der Waals surface area contributed by atoms with Gasteiger partial charge in [-0.2, -0.15) is 0 Å². The summed E-state index contributed by atoms with van der Waals surface area (Å²) in [5, 5.41) is 10.5. The van der Waals surface area contributed by atoms with Gasteiger partial charge in [0.1, 0.15) is 17.1 Å². The van der Waals surface area contributed by atoms with Crippen LogP contribution in [-0.4, -0.2) is 42.7 Å². The predicted molar refractivity (Wildman–Crippen MR) is 135 cm³/mol. The molecule has 178 valence electrons. The molecule has 1 heterocycles. The molecular formula is C23H24N4O5S2. The van der Waals surface area contributed by atoms with Gasteiger partial charge in [-0.1, -0.05) is 6.07 Å². The number of aromatic nitrogens is 1. The summed E-state index contributed by atoms with van der Waals surface area (Å²) in [5.74, 6) is 0.873. The van der Waals surface area contributed by atoms with E-state index in [-0.39, 0.29) is 23.5 Å². The molecule has 0 aliphatic carbocycles. The maximum absolute atomic E-state index is 12.8. The number of nitrogens with zero attached hydrogens (tertiary/aromatic N) is 1. The Morgan fingerprint density at radius 1 is 0.941 bits per heavy atom. The minimum Gasteiger partial charge on any atom is -0.496 e. The second-order valence-electron chi connectivity index (χ2n) is 6.94. The number of methoxy groups -OCH3 is 2. The Morgan fingerprint density at radius 3 is 2.15 bits per heavy atom. The van der Waals surface area contributed by atoms with E-state index in [9.17, 15) is 14.4 Å². The molecule has 1 aromatic heterocycles. The zero-order chi connectivity index (χ0) is 24.5. The Morgan fingerprint density at radius 2 is 1.56 bits per heavy atom. The smallest absolute Gasteiger partial charge is 0.265 e. The van der Waals surface area contributed by atoms with Crippen molar-refractivity contribution in [1.82, 2.24) is 4.98 Å². The summed E-state index contributed by atoms with van der Waals surface area (Å²) in [6.07, 6.45) is 0. The van der Waals surface area contributed by atoms with Gasteiger partial charge >= 0.3 is 0 Å². The molecule has 0 saturated heterocycles. The van der Waals surface area contributed by atoms with Crippen molar-refractivity contribution in [3.8, 4) is 11.5 Å². The lowest BCUT2D eigenvalue weighted by atomic mass is 10.1. The van der Waals surface area contributed by atoms with Gasteiger partial charge in [0.05, 0.1) is 25.7 Å². The first-order chi connectivity index (χ1) is 16.4. The fourth-order valence-corrected chi connectivity index (χ4v) is 4.48. The van der Waals surface area contributed by atoms with Gasteiger partial charge in [0.15, 0.2) is 5.13 Å². The molecule has 11 heteroatoms. The average Bonchev–Trinajstić information content (AvgIpc) is 3.26. The fourth-order valence-electron chi connectivity index (χ4n) is 2.95. The Kier molecular flexibility index (Phi) is 8.88. The molecule has 0 saturated carbocycles. The molecule has 2 aromatic carbocycles. The van der Waals surface area contributed by atoms with E-state index in [0.29, 0.717) is 39.3 Å². The molecule has 3 N–H and O–H groups in total. The molecule has 0 spiro atoms. The van der Waals surface area contributed by atoms with Crippen LogP contribution >= 0.6 is 23.1 Å². The van der Waals surface area contributed by atoms with Gasteiger partial charge in [-0.25, -0.2) is 4.98 Å². The third-order valence-electron chi connectivity index (χ3n) is 4.40. The lowest BCUT2D eigenvalue weighted by molar-refractivity contribution is -0.114. The highest BCUT2D eigenvalue weighted by Crippen LogP contribution is 2.29. The van der Waals surface area contributed by atoms with Crippen LogP contribution in [0.2, 0.25) is 0 Å². The van der Waals surface area contributed by atoms with Crippen LogP contribution in [0.15, 0.2) is 47.8 Å². The van der Waals surface area contributed by atoms with Crippen molar-refractivity contribution >= 4 is 57.3 Å². The molecule has 9 nitrogen and oxygen atoms in total. The molecule has 3 aromatic rings. The number of anilines is 3. The SMILES string of the molecule is COc1cccc(OC)c1C(=O)Nc1nc(CSCC(=O)Nc2ccc(NC(C)=O)cc2)cs1. The van der Waals surface area contributed by atoms with Crippen LogP contribution in [-0.2, 0) is 15.3 Å². The molecular weight excluding hydrogens is 476 g/mol. The molecule has 3 rings (SSSR count). The van der Waals surface area contributed by atoms with Crippen LogP contribution in [0.1, 0.15) is 23.0 Å². The Hall–Kier alpha value is -3.57. The first-order valence-electron chi connectivity index (χ1n) is 10.1. The fraction of sp³-hybridized carbons (Fsp3) is 0.217. The quantitative estimate of drug-likeness (QED) is 0.381. The van der Waals surface area contributed by atoms with E-state index >= 15 is 0 Å². The Labute approximate surface area is 205 Å². The van der Waals surface area contributed by atoms with E-state index in [0.717, 1.165) is 5.69 Å². The molecule has 0 bridgehead atoms. The predicted octanol–water partition coefficient (Wildman–Crippen LogP) is 4.24. The minimum atomic E-state index is -0.383. The summed E-state index contributed by atoms with van der Waals surface area (Å²) in [7, 11) is 2.97. The first kappa shape index (κ1) is 25.1. The number of amides is 3. The third kappa shape index (κ3) is 6.96. The number of thioether (sulfide) groups is 1. The van der Waals surface area contributed by atoms with E-state index in [1.165, 1.54) is 44.2 Å². The van der Waals surface area contributed by atoms with Crippen molar-refractivity contribution < 1.29 is 23.9 Å². The van der Waals surface area contributed by atoms with Crippen LogP contribution in [0.25, 0.3) is 0 Å². The lowest BCUT2D eigenvalue weighted by Crippen LogP contribution is -2.15. The van der Waals surface area contributed by atoms with E-state index in [1.54, 1.807) is 42.5 Å². The first-order valence-corrected chi connectivity index (χ1v) is 12.1. The van der Waals surface area contributed by atoms with Crippen LogP contribution < -0.4 is 25.4 Å². The van der Waals surface area contributed by atoms with E-state index < -0.39 is 0 Å². The maximum atomic E-state index is 12.8. The minimum absolute atomic E-state index is 0.149. The van der Waals surface area contributed by atoms with Crippen molar-refractivity contribution in [2.75, 3.05) is 35.9 Å². The summed E-state index contributed by atoms with van der Waals surface area (Å²) >= 11 is 2.71. The molecule has 0 aliphatic heterocycles. The van der Waals surface area contributed by atoms with E-state index in [1.807, 2.05) is 5.38 Å². The van der Waals surface area contributed by atoms with Crippen LogP contribution in [0.3, 0.4) is 0 Å². The molecule has 3 amide bonds. The van der Waals surface area contributed by atoms with E-state index in [4.69, 9.17) is 9.47 Å². The van der Waals surface area contributed by atoms with Crippen LogP contribution in [0.5, 0.6) is 11.5 Å². The zero-order valence-electron chi connectivity index (χ0n) is 18.8. The van der Waals surface area contributed by atoms with Gasteiger partial charge in [-0.3, -0.25) is 19.7 Å². The highest BCUT2D eigenvalue weighted by molar-refractivity contribution is 7.99. The Bertz CT molecular complexity index is 1140. The molecule has 0 atom stereocenters. The largest absolute Gasteiger partial charge is 0.496 e. The molecule has 0 aliphatic rings. The highest BCUT2D eigenvalue weighted by Gasteiger charge is 2.19.